The van der Waals surface area contributed by atoms with Gasteiger partial charge in [0.25, 0.3) is 0 Å². The predicted octanol–water partition coefficient (Wildman–Crippen LogP) is 1.98. The Morgan fingerprint density at radius 2 is 0.778 bits per heavy atom. The zero-order valence-corrected chi connectivity index (χ0v) is 9.41. The van der Waals surface area contributed by atoms with Crippen molar-refractivity contribution in [1.29, 1.82) is 0 Å². The van der Waals surface area contributed by atoms with Crippen molar-refractivity contribution >= 4 is 14.0 Å². The molecule has 2 aromatic rings. The fourth-order valence-corrected chi connectivity index (χ4v) is 2.06. The molecule has 18 heavy (non-hydrogen) atoms. The van der Waals surface area contributed by atoms with Crippen LogP contribution in [0.2, 0.25) is 0 Å². The molecule has 0 bridgehead atoms. The number of fused-ring (bicyclic) bond motifs is 3. The van der Waals surface area contributed by atoms with Crippen molar-refractivity contribution in [3.8, 4) is 23.0 Å². The first-order chi connectivity index (χ1) is 8.90. The van der Waals surface area contributed by atoms with Crippen LogP contribution in [0.25, 0.3) is 0 Å². The summed E-state index contributed by atoms with van der Waals surface area (Å²) in [6, 6.07) is 14.9. The Morgan fingerprint density at radius 1 is 0.500 bits per heavy atom. The predicted molar refractivity (Wildman–Crippen MR) is 66.9 cm³/mol. The highest BCUT2D eigenvalue weighted by molar-refractivity contribution is 7.12. The summed E-state index contributed by atoms with van der Waals surface area (Å²) in [5, 5.41) is 0. The maximum absolute atomic E-state index is 5.72. The van der Waals surface area contributed by atoms with Crippen LogP contribution in [0.4, 0.5) is 0 Å². The third kappa shape index (κ3) is 1.42. The molecule has 2 aromatic carbocycles. The molecule has 6 heteroatoms. The van der Waals surface area contributed by atoms with Crippen LogP contribution in [0, 0.1) is 0 Å². The van der Waals surface area contributed by atoms with Gasteiger partial charge in [0.1, 0.15) is 23.0 Å². The summed E-state index contributed by atoms with van der Waals surface area (Å²) in [5.74, 6) is 2.67. The highest BCUT2D eigenvalue weighted by Crippen LogP contribution is 2.37. The van der Waals surface area contributed by atoms with E-state index in [9.17, 15) is 0 Å². The van der Waals surface area contributed by atoms with Gasteiger partial charge in [-0.25, -0.2) is 0 Å². The van der Waals surface area contributed by atoms with E-state index in [1.54, 1.807) is 0 Å². The summed E-state index contributed by atoms with van der Waals surface area (Å²) < 4.78 is 22.9. The van der Waals surface area contributed by atoms with Crippen molar-refractivity contribution in [3.63, 3.8) is 0 Å². The minimum atomic E-state index is -0.574. The van der Waals surface area contributed by atoms with E-state index in [2.05, 4.69) is 0 Å². The normalized spacial score (nSPS) is 15.1. The molecule has 0 atom stereocenters. The van der Waals surface area contributed by atoms with Crippen LogP contribution in [-0.4, -0.2) is 14.0 Å². The second-order valence-electron chi connectivity index (χ2n) is 4.10. The summed E-state index contributed by atoms with van der Waals surface area (Å²) in [5.41, 5.74) is 0. The SMILES string of the molecule is c1ccc2c(c1)OB1Oc3ccccc3OB1O2. The Hall–Kier alpha value is -2.23. The van der Waals surface area contributed by atoms with E-state index in [0.717, 1.165) is 0 Å². The third-order valence-corrected chi connectivity index (χ3v) is 2.89. The van der Waals surface area contributed by atoms with Crippen molar-refractivity contribution in [2.75, 3.05) is 0 Å². The van der Waals surface area contributed by atoms with Gasteiger partial charge in [0.15, 0.2) is 0 Å². The van der Waals surface area contributed by atoms with Gasteiger partial charge in [-0.05, 0) is 24.3 Å². The molecule has 0 aliphatic carbocycles. The molecular formula is C12H8B2O4. The minimum Gasteiger partial charge on any atom is -0.524 e. The molecule has 4 nitrogen and oxygen atoms in total. The lowest BCUT2D eigenvalue weighted by atomic mass is 9.47. The van der Waals surface area contributed by atoms with E-state index in [1.807, 2.05) is 48.5 Å². The largest absolute Gasteiger partial charge is 0.658 e. The van der Waals surface area contributed by atoms with Crippen LogP contribution in [-0.2, 0) is 0 Å². The van der Waals surface area contributed by atoms with Crippen molar-refractivity contribution in [2.24, 2.45) is 0 Å². The van der Waals surface area contributed by atoms with Crippen LogP contribution < -0.4 is 18.6 Å². The lowest BCUT2D eigenvalue weighted by Gasteiger charge is -2.32. The van der Waals surface area contributed by atoms with Crippen LogP contribution in [0.15, 0.2) is 48.5 Å². The second kappa shape index (κ2) is 3.63. The highest BCUT2D eigenvalue weighted by Gasteiger charge is 2.54. The molecule has 0 radical (unpaired) electrons. The lowest BCUT2D eigenvalue weighted by Crippen LogP contribution is -2.58. The Morgan fingerprint density at radius 3 is 1.06 bits per heavy atom. The number of para-hydroxylation sites is 4. The van der Waals surface area contributed by atoms with Crippen molar-refractivity contribution in [2.45, 2.75) is 0 Å². The van der Waals surface area contributed by atoms with Gasteiger partial charge in [-0.15, -0.1) is 0 Å². The Kier molecular flexibility index (Phi) is 1.97. The first-order valence-corrected chi connectivity index (χ1v) is 5.75. The maximum Gasteiger partial charge on any atom is 0.658 e. The molecule has 0 fully saturated rings. The van der Waals surface area contributed by atoms with E-state index >= 15 is 0 Å². The molecule has 0 aromatic heterocycles. The van der Waals surface area contributed by atoms with Gasteiger partial charge >= 0.3 is 14.0 Å². The number of benzene rings is 2. The van der Waals surface area contributed by atoms with Crippen molar-refractivity contribution in [3.05, 3.63) is 48.5 Å². The molecule has 0 spiro atoms. The molecule has 2 aliphatic rings. The zero-order chi connectivity index (χ0) is 11.9. The first-order valence-electron chi connectivity index (χ1n) is 5.75. The lowest BCUT2D eigenvalue weighted by molar-refractivity contribution is 0.326. The molecule has 86 valence electrons. The van der Waals surface area contributed by atoms with E-state index < -0.39 is 14.0 Å². The molecule has 0 amide bonds. The Balaban J connectivity index is 1.70. The van der Waals surface area contributed by atoms with Crippen LogP contribution in [0.5, 0.6) is 23.0 Å². The summed E-state index contributed by atoms with van der Waals surface area (Å²) in [6.45, 7) is 0. The Labute approximate surface area is 105 Å². The van der Waals surface area contributed by atoms with Gasteiger partial charge in [-0.3, -0.25) is 0 Å². The van der Waals surface area contributed by atoms with Gasteiger partial charge in [0.2, 0.25) is 0 Å². The maximum atomic E-state index is 5.72. The van der Waals surface area contributed by atoms with Gasteiger partial charge in [0.05, 0.1) is 0 Å². The minimum absolute atomic E-state index is 0.574. The van der Waals surface area contributed by atoms with Crippen molar-refractivity contribution < 1.29 is 18.6 Å². The van der Waals surface area contributed by atoms with E-state index in [4.69, 9.17) is 18.6 Å². The second-order valence-corrected chi connectivity index (χ2v) is 4.10. The topological polar surface area (TPSA) is 36.9 Å². The Bertz CT molecular complexity index is 501. The molecule has 0 saturated heterocycles. The molecule has 0 saturated carbocycles. The van der Waals surface area contributed by atoms with Gasteiger partial charge in [-0.1, -0.05) is 24.3 Å². The van der Waals surface area contributed by atoms with Gasteiger partial charge in [-0.2, -0.15) is 0 Å². The summed E-state index contributed by atoms with van der Waals surface area (Å²) in [6.07, 6.45) is 0. The standard InChI is InChI=1S/C12H8B2O4/c1-2-6-10-9(5-1)15-13-14(16-10)18-12-8-4-3-7-11(12)17-13/h1-8H. The average molecular weight is 238 g/mol. The summed E-state index contributed by atoms with van der Waals surface area (Å²) in [4.78, 5) is 0. The van der Waals surface area contributed by atoms with Crippen molar-refractivity contribution in [1.82, 2.24) is 0 Å². The van der Waals surface area contributed by atoms with E-state index in [1.165, 1.54) is 0 Å². The van der Waals surface area contributed by atoms with Gasteiger partial charge in [0, 0.05) is 0 Å². The molecule has 0 N–H and O–H groups in total. The van der Waals surface area contributed by atoms with E-state index in [0.29, 0.717) is 23.0 Å². The zero-order valence-electron chi connectivity index (χ0n) is 9.41. The number of rotatable bonds is 0. The molecular weight excluding hydrogens is 230 g/mol. The number of hydrogen-bond acceptors (Lipinski definition) is 4. The fourth-order valence-electron chi connectivity index (χ4n) is 2.06. The smallest absolute Gasteiger partial charge is 0.524 e. The van der Waals surface area contributed by atoms with Crippen LogP contribution >= 0.6 is 0 Å². The monoisotopic (exact) mass is 238 g/mol. The molecule has 4 rings (SSSR count). The quantitative estimate of drug-likeness (QED) is 0.657. The number of hydrogen-bond donors (Lipinski definition) is 0. The molecule has 0 unspecified atom stereocenters. The van der Waals surface area contributed by atoms with Crippen LogP contribution in [0.3, 0.4) is 0 Å². The highest BCUT2D eigenvalue weighted by atomic mass is 16.7. The average Bonchev–Trinajstić information content (AvgIpc) is 2.42. The third-order valence-electron chi connectivity index (χ3n) is 2.89. The fraction of sp³-hybridized carbons (Fsp3) is 0. The summed E-state index contributed by atoms with van der Waals surface area (Å²) in [7, 11) is -1.15. The van der Waals surface area contributed by atoms with E-state index in [-0.39, 0.29) is 0 Å². The first kappa shape index (κ1) is 9.76. The van der Waals surface area contributed by atoms with Crippen LogP contribution in [0.1, 0.15) is 0 Å². The molecule has 2 heterocycles. The van der Waals surface area contributed by atoms with Gasteiger partial charge < -0.3 is 18.6 Å². The summed E-state index contributed by atoms with van der Waals surface area (Å²) >= 11 is 0. The molecule has 2 aliphatic heterocycles.